The van der Waals surface area contributed by atoms with Gasteiger partial charge in [-0.25, -0.2) is 0 Å². The quantitative estimate of drug-likeness (QED) is 0.705. The second kappa shape index (κ2) is 6.18. The molecular weight excluding hydrogens is 220 g/mol. The molecule has 1 unspecified atom stereocenters. The van der Waals surface area contributed by atoms with E-state index in [0.29, 0.717) is 0 Å². The number of carbonyl (C=O) groups excluding carboxylic acids is 1. The van der Waals surface area contributed by atoms with Gasteiger partial charge in [-0.05, 0) is 25.7 Å². The fourth-order valence-corrected chi connectivity index (χ4v) is 1.94. The van der Waals surface area contributed by atoms with Crippen LogP contribution >= 0.6 is 12.2 Å². The first-order valence-electron chi connectivity index (χ1n) is 5.88. The Balaban J connectivity index is 4.72. The van der Waals surface area contributed by atoms with E-state index in [1.54, 1.807) is 0 Å². The van der Waals surface area contributed by atoms with Crippen LogP contribution in [0.15, 0.2) is 0 Å². The molecule has 0 radical (unpaired) electrons. The molecule has 0 rings (SSSR count). The lowest BCUT2D eigenvalue weighted by molar-refractivity contribution is -0.125. The summed E-state index contributed by atoms with van der Waals surface area (Å²) in [7, 11) is 0. The first kappa shape index (κ1) is 15.4. The van der Waals surface area contributed by atoms with Crippen molar-refractivity contribution in [2.45, 2.75) is 53.0 Å². The second-order valence-corrected chi connectivity index (χ2v) is 5.35. The molecule has 0 saturated heterocycles. The predicted molar refractivity (Wildman–Crippen MR) is 72.2 cm³/mol. The Morgan fingerprint density at radius 3 is 2.06 bits per heavy atom. The van der Waals surface area contributed by atoms with E-state index in [4.69, 9.17) is 18.0 Å². The Morgan fingerprint density at radius 2 is 1.81 bits per heavy atom. The van der Waals surface area contributed by atoms with Gasteiger partial charge in [-0.3, -0.25) is 4.79 Å². The molecule has 0 aliphatic rings. The van der Waals surface area contributed by atoms with Gasteiger partial charge in [-0.1, -0.05) is 39.9 Å². The van der Waals surface area contributed by atoms with Crippen LogP contribution in [0.1, 0.15) is 47.5 Å². The standard InChI is InChI=1S/C12H24N2OS/c1-6-12(5,7-2)14-11(15)9(8(3)4)10(13)16/h8-9H,6-7H2,1-5H3,(H2,13,16)(H,14,15). The van der Waals surface area contributed by atoms with Gasteiger partial charge in [0.2, 0.25) is 5.91 Å². The summed E-state index contributed by atoms with van der Waals surface area (Å²) in [6.07, 6.45) is 1.80. The van der Waals surface area contributed by atoms with Crippen LogP contribution < -0.4 is 11.1 Å². The van der Waals surface area contributed by atoms with Crippen LogP contribution in [0, 0.1) is 11.8 Å². The summed E-state index contributed by atoms with van der Waals surface area (Å²) in [5.41, 5.74) is 5.45. The predicted octanol–water partition coefficient (Wildman–Crippen LogP) is 2.24. The molecule has 1 amide bonds. The van der Waals surface area contributed by atoms with E-state index in [0.717, 1.165) is 12.8 Å². The Morgan fingerprint density at radius 1 is 1.38 bits per heavy atom. The van der Waals surface area contributed by atoms with Gasteiger partial charge < -0.3 is 11.1 Å². The largest absolute Gasteiger partial charge is 0.393 e. The molecular formula is C12H24N2OS. The van der Waals surface area contributed by atoms with Crippen molar-refractivity contribution in [1.82, 2.24) is 5.32 Å². The van der Waals surface area contributed by atoms with Crippen molar-refractivity contribution >= 4 is 23.1 Å². The van der Waals surface area contributed by atoms with Gasteiger partial charge >= 0.3 is 0 Å². The maximum atomic E-state index is 12.1. The molecule has 0 aromatic heterocycles. The lowest BCUT2D eigenvalue weighted by Crippen LogP contribution is -2.50. The van der Waals surface area contributed by atoms with Crippen LogP contribution in [0.4, 0.5) is 0 Å². The molecule has 16 heavy (non-hydrogen) atoms. The third-order valence-electron chi connectivity index (χ3n) is 3.24. The van der Waals surface area contributed by atoms with Crippen LogP contribution in [0.3, 0.4) is 0 Å². The Hall–Kier alpha value is -0.640. The van der Waals surface area contributed by atoms with Crippen LogP contribution in [-0.2, 0) is 4.79 Å². The number of hydrogen-bond acceptors (Lipinski definition) is 2. The Kier molecular flexibility index (Phi) is 5.94. The summed E-state index contributed by atoms with van der Waals surface area (Å²) in [5, 5.41) is 3.05. The van der Waals surface area contributed by atoms with Crippen LogP contribution in [0.2, 0.25) is 0 Å². The minimum Gasteiger partial charge on any atom is -0.393 e. The number of nitrogens with two attached hydrogens (primary N) is 1. The second-order valence-electron chi connectivity index (χ2n) is 4.88. The summed E-state index contributed by atoms with van der Waals surface area (Å²) in [6, 6.07) is 0. The monoisotopic (exact) mass is 244 g/mol. The van der Waals surface area contributed by atoms with E-state index in [-0.39, 0.29) is 28.3 Å². The van der Waals surface area contributed by atoms with Crippen molar-refractivity contribution < 1.29 is 4.79 Å². The van der Waals surface area contributed by atoms with Gasteiger partial charge in [0.1, 0.15) is 0 Å². The molecule has 0 fully saturated rings. The molecule has 4 heteroatoms. The van der Waals surface area contributed by atoms with Gasteiger partial charge in [-0.2, -0.15) is 0 Å². The molecule has 94 valence electrons. The average Bonchev–Trinajstić information content (AvgIpc) is 2.16. The van der Waals surface area contributed by atoms with E-state index in [1.165, 1.54) is 0 Å². The molecule has 1 atom stereocenters. The molecule has 0 spiro atoms. The Bertz CT molecular complexity index is 260. The lowest BCUT2D eigenvalue weighted by Gasteiger charge is -2.31. The molecule has 0 aliphatic heterocycles. The summed E-state index contributed by atoms with van der Waals surface area (Å²) >= 11 is 4.95. The third-order valence-corrected chi connectivity index (χ3v) is 3.50. The molecule has 3 nitrogen and oxygen atoms in total. The van der Waals surface area contributed by atoms with E-state index in [9.17, 15) is 4.79 Å². The SMILES string of the molecule is CCC(C)(CC)NC(=O)C(C(N)=S)C(C)C. The van der Waals surface area contributed by atoms with Crippen molar-refractivity contribution in [3.8, 4) is 0 Å². The van der Waals surface area contributed by atoms with Crippen LogP contribution in [0.5, 0.6) is 0 Å². The first-order valence-corrected chi connectivity index (χ1v) is 6.29. The number of nitrogens with one attached hydrogen (secondary N) is 1. The first-order chi connectivity index (χ1) is 7.27. The zero-order valence-electron chi connectivity index (χ0n) is 11.0. The third kappa shape index (κ3) is 4.08. The van der Waals surface area contributed by atoms with Crippen molar-refractivity contribution in [3.05, 3.63) is 0 Å². The minimum atomic E-state index is -0.368. The molecule has 0 bridgehead atoms. The fraction of sp³-hybridized carbons (Fsp3) is 0.833. The van der Waals surface area contributed by atoms with Crippen LogP contribution in [-0.4, -0.2) is 16.4 Å². The summed E-state index contributed by atoms with van der Waals surface area (Å²) < 4.78 is 0. The highest BCUT2D eigenvalue weighted by atomic mass is 32.1. The maximum absolute atomic E-state index is 12.1. The molecule has 3 N–H and O–H groups in total. The maximum Gasteiger partial charge on any atom is 0.230 e. The highest BCUT2D eigenvalue weighted by molar-refractivity contribution is 7.80. The molecule has 0 aromatic rings. The van der Waals surface area contributed by atoms with Gasteiger partial charge in [-0.15, -0.1) is 0 Å². The summed E-state index contributed by atoms with van der Waals surface area (Å²) in [6.45, 7) is 10.1. The highest BCUT2D eigenvalue weighted by Crippen LogP contribution is 2.17. The van der Waals surface area contributed by atoms with Gasteiger partial charge in [0.15, 0.2) is 0 Å². The van der Waals surface area contributed by atoms with Gasteiger partial charge in [0.05, 0.1) is 10.9 Å². The summed E-state index contributed by atoms with van der Waals surface area (Å²) in [5.74, 6) is -0.281. The number of rotatable bonds is 6. The number of thiocarbonyl (C=S) groups is 1. The highest BCUT2D eigenvalue weighted by Gasteiger charge is 2.30. The lowest BCUT2D eigenvalue weighted by atomic mass is 9.90. The Labute approximate surface area is 104 Å². The normalized spacial score (nSPS) is 13.6. The van der Waals surface area contributed by atoms with E-state index >= 15 is 0 Å². The minimum absolute atomic E-state index is 0.0475. The molecule has 0 saturated carbocycles. The fourth-order valence-electron chi connectivity index (χ4n) is 1.56. The van der Waals surface area contributed by atoms with Crippen molar-refractivity contribution in [2.24, 2.45) is 17.6 Å². The van der Waals surface area contributed by atoms with E-state index in [1.807, 2.05) is 20.8 Å². The van der Waals surface area contributed by atoms with Crippen molar-refractivity contribution in [3.63, 3.8) is 0 Å². The van der Waals surface area contributed by atoms with Gasteiger partial charge in [0.25, 0.3) is 0 Å². The van der Waals surface area contributed by atoms with Crippen molar-refractivity contribution in [2.75, 3.05) is 0 Å². The summed E-state index contributed by atoms with van der Waals surface area (Å²) in [4.78, 5) is 12.4. The smallest absolute Gasteiger partial charge is 0.230 e. The van der Waals surface area contributed by atoms with Crippen LogP contribution in [0.25, 0.3) is 0 Å². The topological polar surface area (TPSA) is 55.1 Å². The van der Waals surface area contributed by atoms with E-state index < -0.39 is 0 Å². The average molecular weight is 244 g/mol. The molecule has 0 aliphatic carbocycles. The zero-order chi connectivity index (χ0) is 12.9. The van der Waals surface area contributed by atoms with Gasteiger partial charge in [0, 0.05) is 5.54 Å². The number of amides is 1. The number of hydrogen-bond donors (Lipinski definition) is 2. The van der Waals surface area contributed by atoms with E-state index in [2.05, 4.69) is 19.2 Å². The molecule has 0 heterocycles. The molecule has 0 aromatic carbocycles. The number of carbonyl (C=O) groups is 1. The zero-order valence-corrected chi connectivity index (χ0v) is 11.8. The van der Waals surface area contributed by atoms with Crippen molar-refractivity contribution in [1.29, 1.82) is 0 Å².